The van der Waals surface area contributed by atoms with Crippen molar-refractivity contribution in [2.45, 2.75) is 45.1 Å². The van der Waals surface area contributed by atoms with Gasteiger partial charge in [0.1, 0.15) is 5.82 Å². The molecule has 0 aliphatic carbocycles. The number of piperidine rings is 1. The average molecular weight is 456 g/mol. The largest absolute Gasteiger partial charge is 0.316 e. The van der Waals surface area contributed by atoms with Crippen molar-refractivity contribution in [1.29, 1.82) is 0 Å². The summed E-state index contributed by atoms with van der Waals surface area (Å²) in [4.78, 5) is 28.1. The maximum absolute atomic E-state index is 12.5. The van der Waals surface area contributed by atoms with Crippen LogP contribution in [0.25, 0.3) is 16.8 Å². The summed E-state index contributed by atoms with van der Waals surface area (Å²) in [5.74, 6) is 1.24. The Morgan fingerprint density at radius 2 is 2.03 bits per heavy atom. The molecule has 0 spiro atoms. The highest BCUT2D eigenvalue weighted by molar-refractivity contribution is 5.94. The quantitative estimate of drug-likeness (QED) is 0.478. The van der Waals surface area contributed by atoms with Gasteiger partial charge in [0.05, 0.1) is 35.7 Å². The summed E-state index contributed by atoms with van der Waals surface area (Å²) < 4.78 is 1.90. The van der Waals surface area contributed by atoms with Crippen molar-refractivity contribution in [1.82, 2.24) is 29.9 Å². The third-order valence-corrected chi connectivity index (χ3v) is 6.47. The minimum absolute atomic E-state index is 0.131. The summed E-state index contributed by atoms with van der Waals surface area (Å²) >= 11 is 0. The van der Waals surface area contributed by atoms with Gasteiger partial charge >= 0.3 is 0 Å². The zero-order chi connectivity index (χ0) is 23.7. The Hall–Kier alpha value is -3.65. The lowest BCUT2D eigenvalue weighted by Gasteiger charge is -2.31. The van der Waals surface area contributed by atoms with Crippen molar-refractivity contribution >= 4 is 17.1 Å². The highest BCUT2D eigenvalue weighted by atomic mass is 16.2. The summed E-state index contributed by atoms with van der Waals surface area (Å²) in [6, 6.07) is 10.3. The van der Waals surface area contributed by atoms with Crippen LogP contribution in [0.4, 0.5) is 5.69 Å². The number of pyridine rings is 2. The van der Waals surface area contributed by atoms with E-state index in [-0.39, 0.29) is 11.9 Å². The van der Waals surface area contributed by atoms with Crippen LogP contribution in [0.2, 0.25) is 0 Å². The normalized spacial score (nSPS) is 16.5. The molecule has 0 saturated carbocycles. The van der Waals surface area contributed by atoms with E-state index in [0.717, 1.165) is 34.6 Å². The third-order valence-electron chi connectivity index (χ3n) is 6.47. The maximum atomic E-state index is 12.5. The van der Waals surface area contributed by atoms with Gasteiger partial charge in [-0.3, -0.25) is 9.78 Å². The van der Waals surface area contributed by atoms with E-state index < -0.39 is 0 Å². The first-order valence-electron chi connectivity index (χ1n) is 11.7. The maximum Gasteiger partial charge on any atom is 0.228 e. The summed E-state index contributed by atoms with van der Waals surface area (Å²) in [7, 11) is 1.90. The molecule has 174 valence electrons. The Kier molecular flexibility index (Phi) is 6.06. The molecule has 0 radical (unpaired) electrons. The number of nitrogens with one attached hydrogen (secondary N) is 1. The van der Waals surface area contributed by atoms with Gasteiger partial charge in [0.25, 0.3) is 0 Å². The lowest BCUT2D eigenvalue weighted by atomic mass is 10.0. The van der Waals surface area contributed by atoms with Gasteiger partial charge in [-0.15, -0.1) is 0 Å². The van der Waals surface area contributed by atoms with Gasteiger partial charge < -0.3 is 10.2 Å². The van der Waals surface area contributed by atoms with Crippen molar-refractivity contribution < 1.29 is 4.79 Å². The van der Waals surface area contributed by atoms with Crippen molar-refractivity contribution in [3.63, 3.8) is 0 Å². The summed E-state index contributed by atoms with van der Waals surface area (Å²) in [5.41, 5.74) is 5.93. The van der Waals surface area contributed by atoms with Crippen LogP contribution < -0.4 is 10.2 Å². The Labute approximate surface area is 199 Å². The topological polar surface area (TPSA) is 88.3 Å². The van der Waals surface area contributed by atoms with Gasteiger partial charge in [-0.05, 0) is 49.7 Å². The number of fused-ring (bicyclic) bond motifs is 1. The lowest BCUT2D eigenvalue weighted by molar-refractivity contribution is -0.120. The Morgan fingerprint density at radius 1 is 1.15 bits per heavy atom. The number of aromatic nitrogens is 5. The van der Waals surface area contributed by atoms with Crippen molar-refractivity contribution in [3.05, 3.63) is 72.2 Å². The van der Waals surface area contributed by atoms with Crippen LogP contribution in [0.15, 0.2) is 55.1 Å². The van der Waals surface area contributed by atoms with E-state index in [4.69, 9.17) is 4.98 Å². The van der Waals surface area contributed by atoms with E-state index in [1.165, 1.54) is 5.56 Å². The number of anilines is 1. The second-order valence-corrected chi connectivity index (χ2v) is 9.07. The van der Waals surface area contributed by atoms with Crippen molar-refractivity contribution in [2.24, 2.45) is 0 Å². The van der Waals surface area contributed by atoms with Crippen LogP contribution in [-0.4, -0.2) is 50.1 Å². The number of amides is 1. The SMILES string of the molecule is CN[C@@H]1CCN(c2ccc(Cc3nccc(-c4ccn5ncc(C(C)C)c5c4)n3)nc2)C(=O)C1. The summed E-state index contributed by atoms with van der Waals surface area (Å²) in [6.45, 7) is 5.05. The third kappa shape index (κ3) is 4.41. The number of carbonyl (C=O) groups is 1. The molecule has 5 rings (SSSR count). The van der Waals surface area contributed by atoms with Crippen LogP contribution in [0.1, 0.15) is 49.7 Å². The number of hydrogen-bond acceptors (Lipinski definition) is 6. The summed E-state index contributed by atoms with van der Waals surface area (Å²) in [6.07, 6.45) is 9.45. The fourth-order valence-corrected chi connectivity index (χ4v) is 4.44. The lowest BCUT2D eigenvalue weighted by Crippen LogP contribution is -2.45. The molecule has 1 atom stereocenters. The molecular formula is C26H29N7O. The number of carbonyl (C=O) groups excluding carboxylic acids is 1. The number of hydrogen-bond donors (Lipinski definition) is 1. The van der Waals surface area contributed by atoms with E-state index >= 15 is 0 Å². The van der Waals surface area contributed by atoms with Crippen LogP contribution in [0.5, 0.6) is 0 Å². The van der Waals surface area contributed by atoms with Crippen LogP contribution in [-0.2, 0) is 11.2 Å². The van der Waals surface area contributed by atoms with Gasteiger partial charge in [-0.2, -0.15) is 5.10 Å². The first-order valence-corrected chi connectivity index (χ1v) is 11.7. The molecular weight excluding hydrogens is 426 g/mol. The van der Waals surface area contributed by atoms with E-state index in [1.54, 1.807) is 12.4 Å². The molecule has 34 heavy (non-hydrogen) atoms. The average Bonchev–Trinajstić information content (AvgIpc) is 3.28. The minimum Gasteiger partial charge on any atom is -0.316 e. The van der Waals surface area contributed by atoms with Gasteiger partial charge in [0.15, 0.2) is 0 Å². The van der Waals surface area contributed by atoms with Crippen molar-refractivity contribution in [3.8, 4) is 11.3 Å². The second kappa shape index (κ2) is 9.30. The van der Waals surface area contributed by atoms with E-state index in [0.29, 0.717) is 31.1 Å². The van der Waals surface area contributed by atoms with E-state index in [2.05, 4.69) is 40.3 Å². The predicted molar refractivity (Wildman–Crippen MR) is 132 cm³/mol. The molecule has 1 aliphatic rings. The second-order valence-electron chi connectivity index (χ2n) is 9.07. The van der Waals surface area contributed by atoms with Crippen LogP contribution in [0, 0.1) is 0 Å². The van der Waals surface area contributed by atoms with Gasteiger partial charge in [-0.25, -0.2) is 14.5 Å². The Bertz CT molecular complexity index is 1310. The van der Waals surface area contributed by atoms with E-state index in [1.807, 2.05) is 53.1 Å². The highest BCUT2D eigenvalue weighted by Gasteiger charge is 2.26. The molecule has 5 heterocycles. The molecule has 0 aromatic carbocycles. The Morgan fingerprint density at radius 3 is 2.76 bits per heavy atom. The zero-order valence-electron chi connectivity index (χ0n) is 19.8. The molecule has 1 aliphatic heterocycles. The smallest absolute Gasteiger partial charge is 0.228 e. The van der Waals surface area contributed by atoms with Crippen molar-refractivity contribution in [2.75, 3.05) is 18.5 Å². The molecule has 4 aromatic rings. The van der Waals surface area contributed by atoms with E-state index in [9.17, 15) is 4.79 Å². The molecule has 1 saturated heterocycles. The molecule has 4 aromatic heterocycles. The fraction of sp³-hybridized carbons (Fsp3) is 0.346. The van der Waals surface area contributed by atoms with Crippen LogP contribution in [0.3, 0.4) is 0 Å². The monoisotopic (exact) mass is 455 g/mol. The first kappa shape index (κ1) is 22.2. The number of nitrogens with zero attached hydrogens (tertiary/aromatic N) is 6. The molecule has 8 nitrogen and oxygen atoms in total. The van der Waals surface area contributed by atoms with Gasteiger partial charge in [-0.1, -0.05) is 13.8 Å². The predicted octanol–water partition coefficient (Wildman–Crippen LogP) is 3.62. The fourth-order valence-electron chi connectivity index (χ4n) is 4.44. The Balaban J connectivity index is 1.33. The minimum atomic E-state index is 0.131. The zero-order valence-corrected chi connectivity index (χ0v) is 19.8. The van der Waals surface area contributed by atoms with Gasteiger partial charge in [0, 0.05) is 48.2 Å². The molecule has 1 fully saturated rings. The molecule has 8 heteroatoms. The molecule has 0 unspecified atom stereocenters. The molecule has 0 bridgehead atoms. The molecule has 1 amide bonds. The molecule has 1 N–H and O–H groups in total. The standard InChI is InChI=1S/C26H29N7O/c1-17(2)22-16-30-33-11-7-18(12-24(22)33)23-6-9-28-25(31-23)13-20-4-5-21(15-29-20)32-10-8-19(27-3)14-26(32)34/h4-7,9,11-12,15-17,19,27H,8,10,13-14H2,1-3H3/t19-/m1/s1. The first-order chi connectivity index (χ1) is 16.5. The highest BCUT2D eigenvalue weighted by Crippen LogP contribution is 2.25. The summed E-state index contributed by atoms with van der Waals surface area (Å²) in [5, 5.41) is 7.64. The number of rotatable bonds is 6. The van der Waals surface area contributed by atoms with Gasteiger partial charge in [0.2, 0.25) is 5.91 Å². The van der Waals surface area contributed by atoms with Crippen LogP contribution >= 0.6 is 0 Å².